The first-order chi connectivity index (χ1) is 6.75. The van der Waals surface area contributed by atoms with E-state index in [1.165, 1.54) is 9.26 Å². The molecule has 0 bridgehead atoms. The highest BCUT2D eigenvalue weighted by Crippen LogP contribution is 2.20. The van der Waals surface area contributed by atoms with Crippen LogP contribution in [-0.4, -0.2) is 18.8 Å². The van der Waals surface area contributed by atoms with Gasteiger partial charge in [-0.2, -0.15) is 0 Å². The summed E-state index contributed by atoms with van der Waals surface area (Å²) in [6.45, 7) is 3.00. The zero-order valence-electron chi connectivity index (χ0n) is 8.16. The van der Waals surface area contributed by atoms with Crippen LogP contribution in [0.2, 0.25) is 0 Å². The van der Waals surface area contributed by atoms with Gasteiger partial charge in [-0.1, -0.05) is 6.07 Å². The zero-order chi connectivity index (χ0) is 9.97. The summed E-state index contributed by atoms with van der Waals surface area (Å²) in [4.78, 5) is 0. The van der Waals surface area contributed by atoms with Crippen molar-refractivity contribution in [1.29, 1.82) is 0 Å². The van der Waals surface area contributed by atoms with Crippen LogP contribution >= 0.6 is 22.6 Å². The number of hydrogen-bond acceptors (Lipinski definition) is 2. The van der Waals surface area contributed by atoms with E-state index in [-0.39, 0.29) is 0 Å². The number of benzene rings is 1. The molecule has 0 unspecified atom stereocenters. The van der Waals surface area contributed by atoms with Crippen LogP contribution in [-0.2, 0) is 4.74 Å². The van der Waals surface area contributed by atoms with Crippen LogP contribution < -0.4 is 5.32 Å². The van der Waals surface area contributed by atoms with Gasteiger partial charge in [0.2, 0.25) is 0 Å². The molecule has 1 aliphatic heterocycles. The minimum absolute atomic E-state index is 0.327. The number of ether oxygens (including phenoxy) is 1. The summed E-state index contributed by atoms with van der Waals surface area (Å²) in [5, 5.41) is 3.50. The van der Waals surface area contributed by atoms with Crippen LogP contribution in [0, 0.1) is 3.57 Å². The molecule has 2 nitrogen and oxygen atoms in total. The Kier molecular flexibility index (Phi) is 3.28. The number of anilines is 1. The molecule has 1 aliphatic rings. The zero-order valence-corrected chi connectivity index (χ0v) is 10.3. The minimum atomic E-state index is 0.327. The van der Waals surface area contributed by atoms with Crippen LogP contribution in [0.5, 0.6) is 0 Å². The van der Waals surface area contributed by atoms with E-state index in [0.29, 0.717) is 12.1 Å². The standard InChI is InChI=1S/C11H14INO/c1-8-11(5-6-14-8)13-10-4-2-3-9(12)7-10/h2-4,7-8,11,13H,5-6H2,1H3/t8-,11+/m1/s1. The predicted molar refractivity (Wildman–Crippen MR) is 66.6 cm³/mol. The van der Waals surface area contributed by atoms with E-state index < -0.39 is 0 Å². The molecule has 14 heavy (non-hydrogen) atoms. The largest absolute Gasteiger partial charge is 0.380 e. The molecule has 0 amide bonds. The molecule has 1 aromatic rings. The smallest absolute Gasteiger partial charge is 0.0748 e. The van der Waals surface area contributed by atoms with E-state index in [9.17, 15) is 0 Å². The van der Waals surface area contributed by atoms with Gasteiger partial charge in [-0.25, -0.2) is 0 Å². The Labute approximate surface area is 98.2 Å². The third-order valence-electron chi connectivity index (χ3n) is 2.55. The van der Waals surface area contributed by atoms with E-state index in [4.69, 9.17) is 4.74 Å². The molecule has 1 N–H and O–H groups in total. The molecule has 2 rings (SSSR count). The summed E-state index contributed by atoms with van der Waals surface area (Å²) in [6.07, 6.45) is 1.43. The molecule has 0 radical (unpaired) electrons. The second-order valence-electron chi connectivity index (χ2n) is 3.63. The molecule has 0 spiro atoms. The van der Waals surface area contributed by atoms with Gasteiger partial charge in [0.1, 0.15) is 0 Å². The van der Waals surface area contributed by atoms with Crippen molar-refractivity contribution in [2.24, 2.45) is 0 Å². The van der Waals surface area contributed by atoms with Gasteiger partial charge in [0, 0.05) is 15.9 Å². The molecule has 1 heterocycles. The first kappa shape index (κ1) is 10.2. The topological polar surface area (TPSA) is 21.3 Å². The van der Waals surface area contributed by atoms with E-state index >= 15 is 0 Å². The Hall–Kier alpha value is -0.290. The minimum Gasteiger partial charge on any atom is -0.380 e. The lowest BCUT2D eigenvalue weighted by Gasteiger charge is -2.17. The van der Waals surface area contributed by atoms with E-state index in [2.05, 4.69) is 59.1 Å². The molecule has 2 atom stereocenters. The van der Waals surface area contributed by atoms with Crippen molar-refractivity contribution in [3.63, 3.8) is 0 Å². The molecule has 1 aromatic carbocycles. The molecule has 3 heteroatoms. The summed E-state index contributed by atoms with van der Waals surface area (Å²) >= 11 is 2.33. The van der Waals surface area contributed by atoms with Crippen molar-refractivity contribution in [2.45, 2.75) is 25.5 Å². The number of rotatable bonds is 2. The van der Waals surface area contributed by atoms with Crippen molar-refractivity contribution < 1.29 is 4.74 Å². The van der Waals surface area contributed by atoms with Crippen molar-refractivity contribution in [3.05, 3.63) is 27.8 Å². The molecular weight excluding hydrogens is 289 g/mol. The normalized spacial score (nSPS) is 26.4. The van der Waals surface area contributed by atoms with Gasteiger partial charge in [-0.15, -0.1) is 0 Å². The van der Waals surface area contributed by atoms with Gasteiger partial charge >= 0.3 is 0 Å². The van der Waals surface area contributed by atoms with Crippen LogP contribution in [0.25, 0.3) is 0 Å². The number of halogens is 1. The van der Waals surface area contributed by atoms with Crippen LogP contribution in [0.15, 0.2) is 24.3 Å². The predicted octanol–water partition coefficient (Wildman–Crippen LogP) is 2.88. The summed E-state index contributed by atoms with van der Waals surface area (Å²) in [5.41, 5.74) is 1.19. The number of hydrogen-bond donors (Lipinski definition) is 1. The molecular formula is C11H14INO. The summed E-state index contributed by atoms with van der Waals surface area (Å²) in [5.74, 6) is 0. The monoisotopic (exact) mass is 303 g/mol. The van der Waals surface area contributed by atoms with E-state index in [1.807, 2.05) is 0 Å². The van der Waals surface area contributed by atoms with Gasteiger partial charge in [0.15, 0.2) is 0 Å². The van der Waals surface area contributed by atoms with Crippen LogP contribution in [0.4, 0.5) is 5.69 Å². The lowest BCUT2D eigenvalue weighted by molar-refractivity contribution is 0.121. The van der Waals surface area contributed by atoms with Gasteiger partial charge in [-0.05, 0) is 54.1 Å². The first-order valence-corrected chi connectivity index (χ1v) is 5.97. The van der Waals surface area contributed by atoms with Gasteiger partial charge in [0.05, 0.1) is 12.1 Å². The SMILES string of the molecule is C[C@H]1OCC[C@@H]1Nc1cccc(I)c1. The quantitative estimate of drug-likeness (QED) is 0.848. The Bertz CT molecular complexity index is 316. The Balaban J connectivity index is 2.03. The molecule has 1 fully saturated rings. The maximum atomic E-state index is 5.50. The molecule has 0 aromatic heterocycles. The molecule has 0 aliphatic carbocycles. The summed E-state index contributed by atoms with van der Waals surface area (Å²) < 4.78 is 6.77. The average Bonchev–Trinajstić information content (AvgIpc) is 2.52. The van der Waals surface area contributed by atoms with E-state index in [0.717, 1.165) is 13.0 Å². The average molecular weight is 303 g/mol. The third-order valence-corrected chi connectivity index (χ3v) is 3.22. The van der Waals surface area contributed by atoms with Crippen molar-refractivity contribution in [3.8, 4) is 0 Å². The molecule has 0 saturated carbocycles. The fourth-order valence-corrected chi connectivity index (χ4v) is 2.26. The van der Waals surface area contributed by atoms with Crippen molar-refractivity contribution >= 4 is 28.3 Å². The second kappa shape index (κ2) is 4.49. The highest BCUT2D eigenvalue weighted by atomic mass is 127. The summed E-state index contributed by atoms with van der Waals surface area (Å²) in [7, 11) is 0. The third kappa shape index (κ3) is 2.39. The van der Waals surface area contributed by atoms with Gasteiger partial charge in [0.25, 0.3) is 0 Å². The molecule has 1 saturated heterocycles. The molecule has 76 valence electrons. The fraction of sp³-hybridized carbons (Fsp3) is 0.455. The maximum Gasteiger partial charge on any atom is 0.0748 e. The van der Waals surface area contributed by atoms with Gasteiger partial charge in [-0.3, -0.25) is 0 Å². The van der Waals surface area contributed by atoms with Gasteiger partial charge < -0.3 is 10.1 Å². The second-order valence-corrected chi connectivity index (χ2v) is 4.87. The van der Waals surface area contributed by atoms with Crippen molar-refractivity contribution in [2.75, 3.05) is 11.9 Å². The van der Waals surface area contributed by atoms with Crippen molar-refractivity contribution in [1.82, 2.24) is 0 Å². The first-order valence-electron chi connectivity index (χ1n) is 4.89. The lowest BCUT2D eigenvalue weighted by atomic mass is 10.1. The Morgan fingerprint density at radius 2 is 2.36 bits per heavy atom. The Morgan fingerprint density at radius 3 is 3.00 bits per heavy atom. The maximum absolute atomic E-state index is 5.50. The van der Waals surface area contributed by atoms with Crippen LogP contribution in [0.1, 0.15) is 13.3 Å². The fourth-order valence-electron chi connectivity index (χ4n) is 1.71. The highest BCUT2D eigenvalue weighted by Gasteiger charge is 2.23. The lowest BCUT2D eigenvalue weighted by Crippen LogP contribution is -2.26. The van der Waals surface area contributed by atoms with Crippen LogP contribution in [0.3, 0.4) is 0 Å². The number of nitrogens with one attached hydrogen (secondary N) is 1. The summed E-state index contributed by atoms with van der Waals surface area (Å²) in [6, 6.07) is 8.90. The Morgan fingerprint density at radius 1 is 1.50 bits per heavy atom. The highest BCUT2D eigenvalue weighted by molar-refractivity contribution is 14.1. The van der Waals surface area contributed by atoms with E-state index in [1.54, 1.807) is 0 Å².